The number of carboxylic acid groups (broad SMARTS) is 1. The van der Waals surface area contributed by atoms with Gasteiger partial charge in [-0.1, -0.05) is 69.2 Å². The molecule has 0 saturated carbocycles. The number of aromatic nitrogens is 2. The van der Waals surface area contributed by atoms with E-state index in [9.17, 15) is 14.7 Å². The Kier molecular flexibility index (Phi) is 10.9. The summed E-state index contributed by atoms with van der Waals surface area (Å²) in [6, 6.07) is 19.9. The summed E-state index contributed by atoms with van der Waals surface area (Å²) in [4.78, 5) is 49.2. The van der Waals surface area contributed by atoms with E-state index in [-0.39, 0.29) is 24.4 Å². The lowest BCUT2D eigenvalue weighted by Gasteiger charge is -2.41. The van der Waals surface area contributed by atoms with Crippen LogP contribution in [0.1, 0.15) is 82.6 Å². The van der Waals surface area contributed by atoms with E-state index in [1.54, 1.807) is 4.68 Å². The molecule has 3 aliphatic heterocycles. The fourth-order valence-electron chi connectivity index (χ4n) is 7.90. The topological polar surface area (TPSA) is 111 Å². The van der Waals surface area contributed by atoms with Crippen LogP contribution in [0, 0.1) is 0 Å². The van der Waals surface area contributed by atoms with Crippen LogP contribution in [0.3, 0.4) is 0 Å². The number of unbranched alkanes of at least 4 members (excludes halogenated alkanes) is 2. The summed E-state index contributed by atoms with van der Waals surface area (Å²) < 4.78 is 7.42. The van der Waals surface area contributed by atoms with Crippen LogP contribution in [0.2, 0.25) is 0 Å². The van der Waals surface area contributed by atoms with Gasteiger partial charge in [0.25, 0.3) is 11.8 Å². The Labute approximate surface area is 305 Å². The quantitative estimate of drug-likeness (QED) is 0.204. The molecule has 0 aliphatic carbocycles. The van der Waals surface area contributed by atoms with E-state index >= 15 is 4.79 Å². The zero-order valence-corrected chi connectivity index (χ0v) is 30.4. The highest BCUT2D eigenvalue weighted by Gasteiger charge is 2.35. The highest BCUT2D eigenvalue weighted by Crippen LogP contribution is 2.33. The molecule has 4 heterocycles. The molecule has 274 valence electrons. The molecule has 1 atom stereocenters. The molecule has 4 aromatic rings. The monoisotopic (exact) mass is 706 g/mol. The fourth-order valence-corrected chi connectivity index (χ4v) is 7.90. The van der Waals surface area contributed by atoms with Crippen molar-refractivity contribution in [2.45, 2.75) is 71.5 Å². The average molecular weight is 707 g/mol. The molecule has 1 aromatic heterocycles. The number of fused-ring (bicyclic) bond motifs is 3. The standard InChI is InChI=1S/C41H50N6O5/c1-3-5-16-44(17-6-4-2)40(49)38-34-13-9-10-14-36(34)47(42-38)37-25-30-15-18-45(41(50)51)26-32(30)24-35(37)39(48)46-27-31-12-8-7-11-29(31)23-33(46)28-43-19-21-52-22-20-43/h7-14,24-25,33H,3-6,15-23,26-28H2,1-2H3,(H,50,51)/t33-/m0/s1. The van der Waals surface area contributed by atoms with Gasteiger partial charge < -0.3 is 24.5 Å². The second-order valence-electron chi connectivity index (χ2n) is 14.3. The molecule has 52 heavy (non-hydrogen) atoms. The van der Waals surface area contributed by atoms with Gasteiger partial charge in [0.1, 0.15) is 0 Å². The lowest BCUT2D eigenvalue weighted by atomic mass is 9.91. The molecule has 11 nitrogen and oxygen atoms in total. The van der Waals surface area contributed by atoms with Crippen molar-refractivity contribution < 1.29 is 24.2 Å². The van der Waals surface area contributed by atoms with Crippen LogP contribution in [-0.2, 0) is 30.7 Å². The molecule has 1 fully saturated rings. The van der Waals surface area contributed by atoms with Gasteiger partial charge in [-0.15, -0.1) is 0 Å². The summed E-state index contributed by atoms with van der Waals surface area (Å²) in [5.41, 5.74) is 6.39. The van der Waals surface area contributed by atoms with Crippen LogP contribution in [0.15, 0.2) is 60.7 Å². The molecule has 3 aliphatic rings. The van der Waals surface area contributed by atoms with E-state index in [2.05, 4.69) is 36.9 Å². The minimum absolute atomic E-state index is 0.0721. The SMILES string of the molecule is CCCCN(CCCC)C(=O)c1nn(-c2cc3c(cc2C(=O)N2Cc4ccccc4C[C@H]2CN2CCOCC2)CN(C(=O)O)CC3)c2ccccc12. The Morgan fingerprint density at radius 2 is 1.58 bits per heavy atom. The first-order chi connectivity index (χ1) is 25.4. The normalized spacial score (nSPS) is 17.5. The first-order valence-electron chi connectivity index (χ1n) is 18.9. The van der Waals surface area contributed by atoms with Gasteiger partial charge in [0, 0.05) is 63.8 Å². The minimum atomic E-state index is -0.974. The van der Waals surface area contributed by atoms with E-state index in [4.69, 9.17) is 9.84 Å². The maximum atomic E-state index is 15.2. The number of rotatable bonds is 11. The number of para-hydroxylation sites is 1. The van der Waals surface area contributed by atoms with E-state index in [0.717, 1.165) is 79.3 Å². The van der Waals surface area contributed by atoms with Gasteiger partial charge in [0.05, 0.1) is 30.0 Å². The Morgan fingerprint density at radius 1 is 0.865 bits per heavy atom. The number of nitrogens with zero attached hydrogens (tertiary/aromatic N) is 6. The maximum absolute atomic E-state index is 15.2. The summed E-state index contributed by atoms with van der Waals surface area (Å²) in [6.45, 7) is 10.3. The molecule has 0 bridgehead atoms. The number of morpholine rings is 1. The second kappa shape index (κ2) is 15.9. The Morgan fingerprint density at radius 3 is 2.31 bits per heavy atom. The van der Waals surface area contributed by atoms with Crippen molar-refractivity contribution in [1.29, 1.82) is 0 Å². The summed E-state index contributed by atoms with van der Waals surface area (Å²) in [5, 5.41) is 15.7. The fraction of sp³-hybridized carbons (Fsp3) is 0.463. The molecular formula is C41H50N6O5. The Hall–Kier alpha value is -4.74. The largest absolute Gasteiger partial charge is 0.465 e. The molecule has 11 heteroatoms. The van der Waals surface area contributed by atoms with E-state index < -0.39 is 6.09 Å². The van der Waals surface area contributed by atoms with E-state index in [0.29, 0.717) is 62.8 Å². The zero-order valence-electron chi connectivity index (χ0n) is 30.4. The van der Waals surface area contributed by atoms with Gasteiger partial charge in [-0.05, 0) is 66.1 Å². The van der Waals surface area contributed by atoms with Crippen molar-refractivity contribution >= 4 is 28.8 Å². The van der Waals surface area contributed by atoms with Crippen LogP contribution in [0.25, 0.3) is 16.6 Å². The van der Waals surface area contributed by atoms with Crippen LogP contribution in [-0.4, -0.2) is 111 Å². The number of carbonyl (C=O) groups excluding carboxylic acids is 2. The Bertz CT molecular complexity index is 1930. The van der Waals surface area contributed by atoms with Crippen LogP contribution in [0.5, 0.6) is 0 Å². The third-order valence-electron chi connectivity index (χ3n) is 10.9. The smallest absolute Gasteiger partial charge is 0.407 e. The van der Waals surface area contributed by atoms with Crippen molar-refractivity contribution in [1.82, 2.24) is 29.4 Å². The number of hydrogen-bond acceptors (Lipinski definition) is 6. The lowest BCUT2D eigenvalue weighted by Crippen LogP contribution is -2.52. The summed E-state index contributed by atoms with van der Waals surface area (Å²) in [7, 11) is 0. The van der Waals surface area contributed by atoms with Crippen molar-refractivity contribution in [3.63, 3.8) is 0 Å². The number of carbonyl (C=O) groups is 3. The first kappa shape index (κ1) is 35.7. The molecule has 1 saturated heterocycles. The van der Waals surface area contributed by atoms with Crippen molar-refractivity contribution in [2.24, 2.45) is 0 Å². The molecule has 1 N–H and O–H groups in total. The molecule has 0 radical (unpaired) electrons. The summed E-state index contributed by atoms with van der Waals surface area (Å²) in [6.07, 6.45) is 4.08. The minimum Gasteiger partial charge on any atom is -0.465 e. The molecule has 0 spiro atoms. The van der Waals surface area contributed by atoms with Gasteiger partial charge in [0.2, 0.25) is 0 Å². The van der Waals surface area contributed by atoms with Gasteiger partial charge in [0.15, 0.2) is 5.69 Å². The van der Waals surface area contributed by atoms with Crippen LogP contribution < -0.4 is 0 Å². The average Bonchev–Trinajstić information content (AvgIpc) is 3.56. The molecule has 7 rings (SSSR count). The third-order valence-corrected chi connectivity index (χ3v) is 10.9. The number of ether oxygens (including phenoxy) is 1. The summed E-state index contributed by atoms with van der Waals surface area (Å²) >= 11 is 0. The highest BCUT2D eigenvalue weighted by molar-refractivity contribution is 6.06. The predicted octanol–water partition coefficient (Wildman–Crippen LogP) is 6.00. The number of benzene rings is 3. The predicted molar refractivity (Wildman–Crippen MR) is 200 cm³/mol. The van der Waals surface area contributed by atoms with Gasteiger partial charge in [-0.25, -0.2) is 9.48 Å². The van der Waals surface area contributed by atoms with Crippen LogP contribution >= 0.6 is 0 Å². The maximum Gasteiger partial charge on any atom is 0.407 e. The Balaban J connectivity index is 1.35. The van der Waals surface area contributed by atoms with Gasteiger partial charge in [-0.2, -0.15) is 5.10 Å². The van der Waals surface area contributed by atoms with Gasteiger partial charge in [-0.3, -0.25) is 14.5 Å². The first-order valence-corrected chi connectivity index (χ1v) is 18.9. The van der Waals surface area contributed by atoms with E-state index in [1.807, 2.05) is 52.3 Å². The van der Waals surface area contributed by atoms with Gasteiger partial charge >= 0.3 is 6.09 Å². The number of amides is 3. The van der Waals surface area contributed by atoms with Crippen molar-refractivity contribution in [2.75, 3.05) is 52.5 Å². The molecule has 0 unspecified atom stereocenters. The van der Waals surface area contributed by atoms with Crippen molar-refractivity contribution in [3.05, 3.63) is 94.2 Å². The molecule has 3 aromatic carbocycles. The highest BCUT2D eigenvalue weighted by atomic mass is 16.5. The second-order valence-corrected chi connectivity index (χ2v) is 14.3. The van der Waals surface area contributed by atoms with Crippen LogP contribution in [0.4, 0.5) is 4.79 Å². The van der Waals surface area contributed by atoms with Crippen molar-refractivity contribution in [3.8, 4) is 5.69 Å². The molecule has 3 amide bonds. The zero-order chi connectivity index (χ0) is 36.2. The van der Waals surface area contributed by atoms with E-state index in [1.165, 1.54) is 10.5 Å². The summed E-state index contributed by atoms with van der Waals surface area (Å²) in [5.74, 6) is -0.226. The number of hydrogen-bond donors (Lipinski definition) is 1. The molecular weight excluding hydrogens is 656 g/mol. The third kappa shape index (κ3) is 7.29. The lowest BCUT2D eigenvalue weighted by molar-refractivity contribution is 0.0192.